The molecule has 0 atom stereocenters. The van der Waals surface area contributed by atoms with Gasteiger partial charge >= 0.3 is 5.97 Å². The second-order valence-corrected chi connectivity index (χ2v) is 9.01. The number of esters is 1. The zero-order chi connectivity index (χ0) is 26.1. The number of hydrogen-bond acceptors (Lipinski definition) is 8. The fraction of sp³-hybridized carbons (Fsp3) is 0.333. The molecule has 0 bridgehead atoms. The van der Waals surface area contributed by atoms with Gasteiger partial charge in [-0.25, -0.2) is 0 Å². The maximum absolute atomic E-state index is 12.6. The van der Waals surface area contributed by atoms with Crippen molar-refractivity contribution in [3.63, 3.8) is 0 Å². The highest BCUT2D eigenvalue weighted by Crippen LogP contribution is 2.40. The van der Waals surface area contributed by atoms with Crippen molar-refractivity contribution in [2.24, 2.45) is 4.99 Å². The Balaban J connectivity index is 1.57. The van der Waals surface area contributed by atoms with Crippen molar-refractivity contribution < 1.29 is 24.2 Å². The molecule has 0 aliphatic carbocycles. The molecule has 1 heterocycles. The third kappa shape index (κ3) is 7.59. The average Bonchev–Trinajstić information content (AvgIpc) is 2.87. The molecule has 10 nitrogen and oxygen atoms in total. The molecule has 2 aromatic rings. The number of benzene rings is 2. The molecule has 5 N–H and O–H groups in total. The summed E-state index contributed by atoms with van der Waals surface area (Å²) in [6.07, 6.45) is 1.25. The maximum atomic E-state index is 12.6. The first-order valence-electron chi connectivity index (χ1n) is 11.4. The van der Waals surface area contributed by atoms with E-state index in [1.165, 1.54) is 6.07 Å². The number of hydrogen-bond donors (Lipinski definition) is 5. The highest BCUT2D eigenvalue weighted by molar-refractivity contribution is 9.10. The van der Waals surface area contributed by atoms with Crippen molar-refractivity contribution in [3.05, 3.63) is 51.0 Å². The van der Waals surface area contributed by atoms with Crippen LogP contribution in [0.3, 0.4) is 0 Å². The average molecular weight is 581 g/mol. The van der Waals surface area contributed by atoms with Crippen molar-refractivity contribution in [2.75, 3.05) is 36.9 Å². The molecule has 0 fully saturated rings. The molecule has 0 spiro atoms. The highest BCUT2D eigenvalue weighted by atomic mass is 79.9. The Bertz CT molecular complexity index is 1170. The molecule has 1 aliphatic heterocycles. The summed E-state index contributed by atoms with van der Waals surface area (Å²) in [5.74, 6) is -0.868. The predicted octanol–water partition coefficient (Wildman–Crippen LogP) is 3.43. The first-order valence-corrected chi connectivity index (χ1v) is 12.5. The third-order valence-corrected chi connectivity index (χ3v) is 6.20. The Morgan fingerprint density at radius 3 is 2.81 bits per heavy atom. The molecule has 12 heteroatoms. The molecule has 2 amide bonds. The summed E-state index contributed by atoms with van der Waals surface area (Å²) in [6, 6.07) is 8.30. The van der Waals surface area contributed by atoms with E-state index in [-0.39, 0.29) is 46.9 Å². The summed E-state index contributed by atoms with van der Waals surface area (Å²) < 4.78 is 5.06. The van der Waals surface area contributed by atoms with Crippen molar-refractivity contribution in [3.8, 4) is 5.75 Å². The van der Waals surface area contributed by atoms with E-state index in [1.54, 1.807) is 25.1 Å². The molecule has 36 heavy (non-hydrogen) atoms. The minimum Gasteiger partial charge on any atom is -0.506 e. The van der Waals surface area contributed by atoms with Gasteiger partial charge in [0.25, 0.3) is 5.91 Å². The number of phenols is 1. The maximum Gasteiger partial charge on any atom is 0.306 e. The minimum atomic E-state index is -0.542. The van der Waals surface area contributed by atoms with Crippen LogP contribution in [0.15, 0.2) is 39.8 Å². The number of rotatable bonds is 9. The number of amides is 2. The number of aliphatic imine (C=N–C) groups is 1. The largest absolute Gasteiger partial charge is 0.506 e. The minimum absolute atomic E-state index is 0.0727. The number of nitrogens with one attached hydrogen (secondary N) is 4. The third-order valence-electron chi connectivity index (χ3n) is 5.13. The monoisotopic (exact) mass is 579 g/mol. The van der Waals surface area contributed by atoms with Gasteiger partial charge in [0.15, 0.2) is 5.96 Å². The molecule has 0 radical (unpaired) electrons. The van der Waals surface area contributed by atoms with E-state index in [1.807, 2.05) is 6.07 Å². The summed E-state index contributed by atoms with van der Waals surface area (Å²) in [5, 5.41) is 22.1. The summed E-state index contributed by atoms with van der Waals surface area (Å²) >= 11 is 9.54. The van der Waals surface area contributed by atoms with Crippen LogP contribution in [0.4, 0.5) is 11.4 Å². The van der Waals surface area contributed by atoms with Gasteiger partial charge in [-0.1, -0.05) is 17.7 Å². The van der Waals surface area contributed by atoms with E-state index in [2.05, 4.69) is 42.2 Å². The molecule has 3 rings (SSSR count). The molecule has 192 valence electrons. The number of nitrogens with zero attached hydrogens (tertiary/aromatic N) is 1. The lowest BCUT2D eigenvalue weighted by Crippen LogP contribution is -2.35. The standard InChI is InChI=1S/C24H27BrClN5O5/c1-2-36-19(33)8-7-14-12-17(26)21(20(25)22(14)34)31-18(32)13-29-23(35)15-5-3-6-16(11-15)30-24-27-9-4-10-28-24/h3,5-6,11-12,34H,2,4,7-10,13H2,1H3,(H,29,35)(H,31,32)(H2,27,28,30). The van der Waals surface area contributed by atoms with Gasteiger partial charge in [-0.15, -0.1) is 0 Å². The number of carbonyl (C=O) groups excluding carboxylic acids is 3. The molecular weight excluding hydrogens is 554 g/mol. The van der Waals surface area contributed by atoms with Gasteiger partial charge in [0.1, 0.15) is 5.75 Å². The van der Waals surface area contributed by atoms with Crippen molar-refractivity contribution in [2.45, 2.75) is 26.2 Å². The predicted molar refractivity (Wildman–Crippen MR) is 142 cm³/mol. The van der Waals surface area contributed by atoms with Crippen LogP contribution in [0.25, 0.3) is 0 Å². The normalized spacial score (nSPS) is 12.7. The van der Waals surface area contributed by atoms with Crippen LogP contribution in [0.5, 0.6) is 5.75 Å². The fourth-order valence-electron chi connectivity index (χ4n) is 3.37. The van der Waals surface area contributed by atoms with Crippen LogP contribution in [0.2, 0.25) is 5.02 Å². The van der Waals surface area contributed by atoms with Gasteiger partial charge in [-0.05, 0) is 65.5 Å². The quantitative estimate of drug-likeness (QED) is 0.286. The SMILES string of the molecule is CCOC(=O)CCc1cc(Cl)c(NC(=O)CNC(=O)c2cccc(NC3=NCCCN3)c2)c(Br)c1O. The second kappa shape index (κ2) is 13.1. The molecule has 1 aliphatic rings. The summed E-state index contributed by atoms with van der Waals surface area (Å²) in [6.45, 7) is 3.22. The van der Waals surface area contributed by atoms with E-state index in [9.17, 15) is 19.5 Å². The molecule has 0 saturated heterocycles. The van der Waals surface area contributed by atoms with Crippen LogP contribution in [0.1, 0.15) is 35.7 Å². The van der Waals surface area contributed by atoms with E-state index < -0.39 is 17.8 Å². The van der Waals surface area contributed by atoms with Crippen LogP contribution < -0.4 is 21.3 Å². The topological polar surface area (TPSA) is 141 Å². The van der Waals surface area contributed by atoms with Gasteiger partial charge in [-0.2, -0.15) is 0 Å². The van der Waals surface area contributed by atoms with Crippen molar-refractivity contribution in [1.82, 2.24) is 10.6 Å². The van der Waals surface area contributed by atoms with Gasteiger partial charge in [-0.3, -0.25) is 19.4 Å². The Labute approximate surface area is 222 Å². The number of aryl methyl sites for hydroxylation is 1. The number of halogens is 2. The molecule has 0 unspecified atom stereocenters. The summed E-state index contributed by atoms with van der Waals surface area (Å²) in [7, 11) is 0. The number of phenolic OH excluding ortho intramolecular Hbond substituents is 1. The summed E-state index contributed by atoms with van der Waals surface area (Å²) in [4.78, 5) is 41.0. The lowest BCUT2D eigenvalue weighted by molar-refractivity contribution is -0.143. The number of ether oxygens (including phenoxy) is 1. The van der Waals surface area contributed by atoms with Crippen molar-refractivity contribution in [1.29, 1.82) is 0 Å². The van der Waals surface area contributed by atoms with Crippen LogP contribution in [-0.2, 0) is 20.7 Å². The van der Waals surface area contributed by atoms with Gasteiger partial charge in [0.2, 0.25) is 5.91 Å². The van der Waals surface area contributed by atoms with Gasteiger partial charge in [0, 0.05) is 30.8 Å². The molecular formula is C24H27BrClN5O5. The van der Waals surface area contributed by atoms with Gasteiger partial charge in [0.05, 0.1) is 28.3 Å². The van der Waals surface area contributed by atoms with Crippen LogP contribution in [0, 0.1) is 0 Å². The van der Waals surface area contributed by atoms with E-state index in [4.69, 9.17) is 16.3 Å². The number of aromatic hydroxyl groups is 1. The van der Waals surface area contributed by atoms with Crippen LogP contribution in [-0.4, -0.2) is 55.1 Å². The highest BCUT2D eigenvalue weighted by Gasteiger charge is 2.18. The Kier molecular flexibility index (Phi) is 9.95. The Hall–Kier alpha value is -3.31. The number of carbonyl (C=O) groups is 3. The first-order chi connectivity index (χ1) is 17.3. The lowest BCUT2D eigenvalue weighted by Gasteiger charge is -2.16. The Morgan fingerprint density at radius 1 is 1.28 bits per heavy atom. The fourth-order valence-corrected chi connectivity index (χ4v) is 4.33. The van der Waals surface area contributed by atoms with Gasteiger partial charge < -0.3 is 31.1 Å². The number of anilines is 2. The smallest absolute Gasteiger partial charge is 0.306 e. The van der Waals surface area contributed by atoms with E-state index >= 15 is 0 Å². The molecule has 2 aromatic carbocycles. The van der Waals surface area contributed by atoms with E-state index in [0.717, 1.165) is 19.5 Å². The van der Waals surface area contributed by atoms with Crippen molar-refractivity contribution >= 4 is 62.6 Å². The van der Waals surface area contributed by atoms with E-state index in [0.29, 0.717) is 22.8 Å². The first kappa shape index (κ1) is 27.3. The summed E-state index contributed by atoms with van der Waals surface area (Å²) in [5.41, 5.74) is 1.64. The molecule has 0 saturated carbocycles. The molecule has 0 aromatic heterocycles. The second-order valence-electron chi connectivity index (χ2n) is 7.81. The number of guanidine groups is 1. The zero-order valence-corrected chi connectivity index (χ0v) is 22.0. The Morgan fingerprint density at radius 2 is 2.08 bits per heavy atom. The zero-order valence-electron chi connectivity index (χ0n) is 19.6. The lowest BCUT2D eigenvalue weighted by atomic mass is 10.1. The van der Waals surface area contributed by atoms with Crippen LogP contribution >= 0.6 is 27.5 Å².